The highest BCUT2D eigenvalue weighted by molar-refractivity contribution is 6.18. The summed E-state index contributed by atoms with van der Waals surface area (Å²) in [5.74, 6) is 0.719. The van der Waals surface area contributed by atoms with Crippen LogP contribution in [0.15, 0.2) is 150 Å². The summed E-state index contributed by atoms with van der Waals surface area (Å²) in [5, 5.41) is 2.32. The Labute approximate surface area is 280 Å². The average molecular weight is 619 g/mol. The first-order chi connectivity index (χ1) is 23.7. The molecule has 2 aromatic heterocycles. The van der Waals surface area contributed by atoms with Crippen LogP contribution < -0.4 is 0 Å². The van der Waals surface area contributed by atoms with Crippen LogP contribution in [-0.4, -0.2) is 9.97 Å². The van der Waals surface area contributed by atoms with Crippen molar-refractivity contribution in [2.24, 2.45) is 0 Å². The van der Waals surface area contributed by atoms with Gasteiger partial charge < -0.3 is 4.42 Å². The Hall–Kier alpha value is -5.80. The molecular weight excluding hydrogens is 585 g/mol. The van der Waals surface area contributed by atoms with Gasteiger partial charge >= 0.3 is 0 Å². The van der Waals surface area contributed by atoms with E-state index < -0.39 is 0 Å². The summed E-state index contributed by atoms with van der Waals surface area (Å²) in [6.07, 6.45) is 2.05. The van der Waals surface area contributed by atoms with Crippen molar-refractivity contribution in [3.8, 4) is 56.2 Å². The molecule has 6 aromatic carbocycles. The summed E-state index contributed by atoms with van der Waals surface area (Å²) in [6, 6.07) is 51.4. The minimum absolute atomic E-state index is 0.0591. The maximum Gasteiger partial charge on any atom is 0.160 e. The van der Waals surface area contributed by atoms with Crippen LogP contribution >= 0.6 is 0 Å². The topological polar surface area (TPSA) is 38.9 Å². The quantitative estimate of drug-likeness (QED) is 0.186. The molecule has 0 atom stereocenters. The van der Waals surface area contributed by atoms with E-state index in [2.05, 4.69) is 135 Å². The molecule has 0 spiro atoms. The molecule has 3 heteroatoms. The van der Waals surface area contributed by atoms with Gasteiger partial charge in [0.05, 0.1) is 11.4 Å². The largest absolute Gasteiger partial charge is 0.455 e. The molecule has 0 amide bonds. The molecule has 230 valence electrons. The SMILES string of the molecule is CCC1(CC)c2ccccc2-c2c1cc(-c1ccc(-c3cc(-c4ccccc4)nc(-c4ccccc4)n3)cc1)c1c2oc2ccccc21. The van der Waals surface area contributed by atoms with Crippen LogP contribution in [0.5, 0.6) is 0 Å². The van der Waals surface area contributed by atoms with E-state index in [0.717, 1.165) is 68.9 Å². The predicted molar refractivity (Wildman–Crippen MR) is 198 cm³/mol. The van der Waals surface area contributed by atoms with Crippen molar-refractivity contribution in [3.63, 3.8) is 0 Å². The van der Waals surface area contributed by atoms with Crippen LogP contribution in [0.4, 0.5) is 0 Å². The molecular formula is C45H34N2O. The van der Waals surface area contributed by atoms with E-state index in [1.807, 2.05) is 24.3 Å². The zero-order valence-corrected chi connectivity index (χ0v) is 27.1. The molecule has 1 aliphatic rings. The highest BCUT2D eigenvalue weighted by atomic mass is 16.3. The van der Waals surface area contributed by atoms with Gasteiger partial charge in [-0.05, 0) is 58.9 Å². The van der Waals surface area contributed by atoms with E-state index in [0.29, 0.717) is 0 Å². The van der Waals surface area contributed by atoms with E-state index in [1.165, 1.54) is 33.2 Å². The van der Waals surface area contributed by atoms with Crippen LogP contribution in [-0.2, 0) is 5.41 Å². The molecule has 0 saturated carbocycles. The molecule has 9 rings (SSSR count). The maximum absolute atomic E-state index is 6.78. The fourth-order valence-electron chi connectivity index (χ4n) is 7.94. The zero-order chi connectivity index (χ0) is 32.2. The number of furan rings is 1. The first-order valence-electron chi connectivity index (χ1n) is 16.9. The molecule has 0 N–H and O–H groups in total. The number of benzene rings is 6. The van der Waals surface area contributed by atoms with Gasteiger partial charge in [-0.2, -0.15) is 0 Å². The molecule has 0 bridgehead atoms. The van der Waals surface area contributed by atoms with Crippen molar-refractivity contribution in [2.75, 3.05) is 0 Å². The number of hydrogen-bond donors (Lipinski definition) is 0. The van der Waals surface area contributed by atoms with Gasteiger partial charge in [0.2, 0.25) is 0 Å². The fraction of sp³-hybridized carbons (Fsp3) is 0.111. The van der Waals surface area contributed by atoms with Gasteiger partial charge in [-0.1, -0.05) is 141 Å². The van der Waals surface area contributed by atoms with Crippen LogP contribution in [0.2, 0.25) is 0 Å². The number of aromatic nitrogens is 2. The number of nitrogens with zero attached hydrogens (tertiary/aromatic N) is 2. The van der Waals surface area contributed by atoms with Crippen molar-refractivity contribution in [3.05, 3.63) is 157 Å². The normalized spacial score (nSPS) is 13.1. The molecule has 0 fully saturated rings. The molecule has 2 heterocycles. The number of hydrogen-bond acceptors (Lipinski definition) is 3. The second-order valence-electron chi connectivity index (χ2n) is 12.8. The second-order valence-corrected chi connectivity index (χ2v) is 12.8. The van der Waals surface area contributed by atoms with Crippen molar-refractivity contribution >= 4 is 21.9 Å². The molecule has 48 heavy (non-hydrogen) atoms. The van der Waals surface area contributed by atoms with Gasteiger partial charge in [-0.25, -0.2) is 9.97 Å². The Kier molecular flexibility index (Phi) is 6.62. The van der Waals surface area contributed by atoms with Crippen molar-refractivity contribution in [1.82, 2.24) is 9.97 Å². The number of fused-ring (bicyclic) bond motifs is 7. The molecule has 0 saturated heterocycles. The first kappa shape index (κ1) is 28.4. The molecule has 0 aliphatic heterocycles. The van der Waals surface area contributed by atoms with Gasteiger partial charge in [0, 0.05) is 38.4 Å². The van der Waals surface area contributed by atoms with Crippen LogP contribution in [0.1, 0.15) is 37.8 Å². The minimum atomic E-state index is -0.0591. The Morgan fingerprint density at radius 3 is 1.81 bits per heavy atom. The standard InChI is InChI=1S/C45H34N2O/c1-3-45(4-2)36-21-13-11-19-33(36)42-37(45)27-35(41-34-20-12-14-22-40(34)48-43(41)42)29-23-25-31(26-24-29)39-28-38(30-15-7-5-8-16-30)46-44(47-39)32-17-9-6-10-18-32/h5-28H,3-4H2,1-2H3. The summed E-state index contributed by atoms with van der Waals surface area (Å²) in [7, 11) is 0. The number of rotatable bonds is 6. The Bertz CT molecular complexity index is 2400. The van der Waals surface area contributed by atoms with Gasteiger partial charge in [0.1, 0.15) is 11.2 Å². The Morgan fingerprint density at radius 1 is 0.521 bits per heavy atom. The minimum Gasteiger partial charge on any atom is -0.455 e. The van der Waals surface area contributed by atoms with E-state index >= 15 is 0 Å². The fourth-order valence-corrected chi connectivity index (χ4v) is 7.94. The van der Waals surface area contributed by atoms with Crippen molar-refractivity contribution < 1.29 is 4.42 Å². The smallest absolute Gasteiger partial charge is 0.160 e. The average Bonchev–Trinajstić information content (AvgIpc) is 3.69. The lowest BCUT2D eigenvalue weighted by Gasteiger charge is -2.30. The Balaban J connectivity index is 1.24. The highest BCUT2D eigenvalue weighted by Crippen LogP contribution is 2.57. The Morgan fingerprint density at radius 2 is 1.10 bits per heavy atom. The monoisotopic (exact) mass is 618 g/mol. The van der Waals surface area contributed by atoms with E-state index in [4.69, 9.17) is 14.4 Å². The van der Waals surface area contributed by atoms with Gasteiger partial charge in [0.25, 0.3) is 0 Å². The summed E-state index contributed by atoms with van der Waals surface area (Å²) in [5.41, 5.74) is 14.5. The van der Waals surface area contributed by atoms with Crippen LogP contribution in [0.25, 0.3) is 78.1 Å². The number of para-hydroxylation sites is 1. The van der Waals surface area contributed by atoms with E-state index in [1.54, 1.807) is 0 Å². The molecule has 0 unspecified atom stereocenters. The van der Waals surface area contributed by atoms with Crippen molar-refractivity contribution in [1.29, 1.82) is 0 Å². The summed E-state index contributed by atoms with van der Waals surface area (Å²) >= 11 is 0. The van der Waals surface area contributed by atoms with E-state index in [-0.39, 0.29) is 5.41 Å². The third-order valence-corrected chi connectivity index (χ3v) is 10.4. The van der Waals surface area contributed by atoms with Crippen LogP contribution in [0, 0.1) is 0 Å². The third kappa shape index (κ3) is 4.28. The molecule has 1 aliphatic carbocycles. The summed E-state index contributed by atoms with van der Waals surface area (Å²) in [4.78, 5) is 10.0. The maximum atomic E-state index is 6.78. The summed E-state index contributed by atoms with van der Waals surface area (Å²) < 4.78 is 6.78. The van der Waals surface area contributed by atoms with Gasteiger partial charge in [-0.3, -0.25) is 0 Å². The lowest BCUT2D eigenvalue weighted by Crippen LogP contribution is -2.23. The summed E-state index contributed by atoms with van der Waals surface area (Å²) in [6.45, 7) is 4.64. The highest BCUT2D eigenvalue weighted by Gasteiger charge is 2.42. The lowest BCUT2D eigenvalue weighted by atomic mass is 9.73. The van der Waals surface area contributed by atoms with Gasteiger partial charge in [-0.15, -0.1) is 0 Å². The second kappa shape index (κ2) is 11.2. The lowest BCUT2D eigenvalue weighted by molar-refractivity contribution is 0.490. The van der Waals surface area contributed by atoms with Crippen molar-refractivity contribution in [2.45, 2.75) is 32.1 Å². The van der Waals surface area contributed by atoms with E-state index in [9.17, 15) is 0 Å². The molecule has 3 nitrogen and oxygen atoms in total. The van der Waals surface area contributed by atoms with Crippen LogP contribution in [0.3, 0.4) is 0 Å². The first-order valence-corrected chi connectivity index (χ1v) is 16.9. The third-order valence-electron chi connectivity index (χ3n) is 10.4. The molecule has 8 aromatic rings. The molecule has 0 radical (unpaired) electrons. The van der Waals surface area contributed by atoms with Gasteiger partial charge in [0.15, 0.2) is 5.82 Å². The predicted octanol–water partition coefficient (Wildman–Crippen LogP) is 12.1. The zero-order valence-electron chi connectivity index (χ0n) is 27.1.